The topological polar surface area (TPSA) is 83.5 Å². The van der Waals surface area contributed by atoms with Gasteiger partial charge >= 0.3 is 0 Å². The summed E-state index contributed by atoms with van der Waals surface area (Å²) in [6, 6.07) is 10.2. The molecule has 0 radical (unpaired) electrons. The molecule has 0 bridgehead atoms. The van der Waals surface area contributed by atoms with Gasteiger partial charge in [0.05, 0.1) is 0 Å². The third kappa shape index (κ3) is 4.30. The van der Waals surface area contributed by atoms with Crippen LogP contribution in [0.5, 0.6) is 0 Å². The Morgan fingerprint density at radius 1 is 1.13 bits per heavy atom. The van der Waals surface area contributed by atoms with Gasteiger partial charge in [0.25, 0.3) is 10.1 Å². The Balaban J connectivity index is 2.18. The van der Waals surface area contributed by atoms with Crippen LogP contribution in [-0.2, 0) is 21.3 Å². The highest BCUT2D eigenvalue weighted by molar-refractivity contribution is 7.86. The van der Waals surface area contributed by atoms with E-state index >= 15 is 0 Å². The third-order valence-electron chi connectivity index (χ3n) is 3.70. The summed E-state index contributed by atoms with van der Waals surface area (Å²) in [6.45, 7) is 4.26. The van der Waals surface area contributed by atoms with E-state index in [0.29, 0.717) is 18.4 Å². The molecule has 0 aliphatic carbocycles. The van der Waals surface area contributed by atoms with Crippen LogP contribution in [0.1, 0.15) is 25.8 Å². The molecule has 2 N–H and O–H groups in total. The van der Waals surface area contributed by atoms with E-state index in [-0.39, 0.29) is 16.7 Å². The fraction of sp³-hybridized carbons (Fsp3) is 0.353. The number of hydrogen-bond acceptors (Lipinski definition) is 3. The van der Waals surface area contributed by atoms with Gasteiger partial charge in [-0.15, -0.1) is 0 Å². The van der Waals surface area contributed by atoms with E-state index in [9.17, 15) is 17.8 Å². The number of aryl methyl sites for hydroxylation is 1. The lowest BCUT2D eigenvalue weighted by Crippen LogP contribution is -2.28. The number of hydrogen-bond donors (Lipinski definition) is 2. The van der Waals surface area contributed by atoms with Crippen LogP contribution in [0.3, 0.4) is 0 Å². The van der Waals surface area contributed by atoms with Crippen LogP contribution < -0.4 is 5.32 Å². The molecule has 0 fully saturated rings. The summed E-state index contributed by atoms with van der Waals surface area (Å²) < 4.78 is 32.3. The molecule has 2 aromatic rings. The van der Waals surface area contributed by atoms with Crippen LogP contribution >= 0.6 is 0 Å². The minimum atomic E-state index is -4.25. The molecule has 0 saturated carbocycles. The van der Waals surface area contributed by atoms with Gasteiger partial charge in [0.1, 0.15) is 4.90 Å². The van der Waals surface area contributed by atoms with E-state index in [1.807, 2.05) is 26.0 Å². The van der Waals surface area contributed by atoms with E-state index < -0.39 is 10.1 Å². The summed E-state index contributed by atoms with van der Waals surface area (Å²) in [5, 5.41) is 4.18. The van der Waals surface area contributed by atoms with Crippen LogP contribution in [-0.4, -0.2) is 25.4 Å². The molecule has 0 saturated heterocycles. The van der Waals surface area contributed by atoms with Crippen molar-refractivity contribution in [2.24, 2.45) is 5.92 Å². The van der Waals surface area contributed by atoms with Crippen molar-refractivity contribution in [3.05, 3.63) is 42.0 Å². The Morgan fingerprint density at radius 3 is 2.43 bits per heavy atom. The maximum atomic E-state index is 11.5. The molecule has 0 heterocycles. The normalized spacial score (nSPS) is 11.8. The number of amides is 1. The molecule has 0 aliphatic heterocycles. The number of fused-ring (bicyclic) bond motifs is 1. The van der Waals surface area contributed by atoms with Crippen molar-refractivity contribution in [3.63, 3.8) is 0 Å². The van der Waals surface area contributed by atoms with E-state index in [2.05, 4.69) is 5.32 Å². The van der Waals surface area contributed by atoms with Crippen LogP contribution in [0.4, 0.5) is 0 Å². The average molecular weight is 335 g/mol. The first-order valence-electron chi connectivity index (χ1n) is 7.56. The number of benzene rings is 2. The van der Waals surface area contributed by atoms with Crippen LogP contribution in [0, 0.1) is 5.92 Å². The largest absolute Gasteiger partial charge is 0.356 e. The van der Waals surface area contributed by atoms with Gasteiger partial charge in [0, 0.05) is 17.8 Å². The molecule has 0 aromatic heterocycles. The fourth-order valence-electron chi connectivity index (χ4n) is 2.48. The second-order valence-corrected chi connectivity index (χ2v) is 7.18. The standard InChI is InChI=1S/C17H21NO4S/c1-12(2)17(19)18-11-5-7-13-6-3-9-15-14(13)8-4-10-16(15)23(20,21)22/h3-4,6,8-10,12H,5,7,11H2,1-2H3,(H,18,19)(H,20,21,22). The minimum Gasteiger partial charge on any atom is -0.356 e. The molecule has 2 aromatic carbocycles. The summed E-state index contributed by atoms with van der Waals surface area (Å²) in [7, 11) is -4.25. The summed E-state index contributed by atoms with van der Waals surface area (Å²) in [6.07, 6.45) is 1.47. The number of carbonyl (C=O) groups is 1. The van der Waals surface area contributed by atoms with E-state index in [1.165, 1.54) is 6.07 Å². The van der Waals surface area contributed by atoms with E-state index in [4.69, 9.17) is 0 Å². The Labute approximate surface area is 136 Å². The zero-order chi connectivity index (χ0) is 17.0. The first-order chi connectivity index (χ1) is 10.8. The highest BCUT2D eigenvalue weighted by Crippen LogP contribution is 2.26. The molecule has 5 nitrogen and oxygen atoms in total. The summed E-state index contributed by atoms with van der Waals surface area (Å²) >= 11 is 0. The monoisotopic (exact) mass is 335 g/mol. The second-order valence-electron chi connectivity index (χ2n) is 5.79. The van der Waals surface area contributed by atoms with Gasteiger partial charge in [-0.1, -0.05) is 44.2 Å². The molecular formula is C17H21NO4S. The minimum absolute atomic E-state index is 0.0246. The maximum Gasteiger partial charge on any atom is 0.295 e. The van der Waals surface area contributed by atoms with Crippen molar-refractivity contribution in [3.8, 4) is 0 Å². The van der Waals surface area contributed by atoms with Gasteiger partial charge in [-0.25, -0.2) is 0 Å². The molecule has 1 amide bonds. The van der Waals surface area contributed by atoms with Crippen LogP contribution in [0.25, 0.3) is 10.8 Å². The highest BCUT2D eigenvalue weighted by Gasteiger charge is 2.14. The summed E-state index contributed by atoms with van der Waals surface area (Å²) in [5.74, 6) is -0.0125. The molecule has 6 heteroatoms. The second kappa shape index (κ2) is 7.10. The van der Waals surface area contributed by atoms with E-state index in [0.717, 1.165) is 17.4 Å². The number of nitrogens with one attached hydrogen (secondary N) is 1. The predicted molar refractivity (Wildman–Crippen MR) is 89.9 cm³/mol. The Bertz CT molecular complexity index is 812. The Hall–Kier alpha value is -1.92. The molecular weight excluding hydrogens is 314 g/mol. The number of rotatable bonds is 6. The van der Waals surface area contributed by atoms with Gasteiger partial charge in [0.2, 0.25) is 5.91 Å². The van der Waals surface area contributed by atoms with Crippen molar-refractivity contribution in [2.75, 3.05) is 6.54 Å². The lowest BCUT2D eigenvalue weighted by Gasteiger charge is -2.10. The van der Waals surface area contributed by atoms with Crippen molar-refractivity contribution < 1.29 is 17.8 Å². The van der Waals surface area contributed by atoms with Gasteiger partial charge < -0.3 is 5.32 Å². The smallest absolute Gasteiger partial charge is 0.295 e. The van der Waals surface area contributed by atoms with Crippen molar-refractivity contribution in [1.29, 1.82) is 0 Å². The lowest BCUT2D eigenvalue weighted by atomic mass is 10.0. The molecule has 0 aliphatic rings. The molecule has 124 valence electrons. The first kappa shape index (κ1) is 17.4. The molecule has 0 unspecified atom stereocenters. The van der Waals surface area contributed by atoms with Crippen LogP contribution in [0.15, 0.2) is 41.3 Å². The maximum absolute atomic E-state index is 11.5. The van der Waals surface area contributed by atoms with Crippen molar-refractivity contribution in [2.45, 2.75) is 31.6 Å². The third-order valence-corrected chi connectivity index (χ3v) is 4.61. The zero-order valence-corrected chi connectivity index (χ0v) is 14.1. The fourth-order valence-corrected chi connectivity index (χ4v) is 3.19. The first-order valence-corrected chi connectivity index (χ1v) is 9.00. The molecule has 0 spiro atoms. The number of carbonyl (C=O) groups excluding carboxylic acids is 1. The van der Waals surface area contributed by atoms with Crippen molar-refractivity contribution in [1.82, 2.24) is 5.32 Å². The van der Waals surface area contributed by atoms with Crippen LogP contribution in [0.2, 0.25) is 0 Å². The average Bonchev–Trinajstić information content (AvgIpc) is 2.49. The van der Waals surface area contributed by atoms with Gasteiger partial charge in [-0.2, -0.15) is 8.42 Å². The zero-order valence-electron chi connectivity index (χ0n) is 13.2. The van der Waals surface area contributed by atoms with Gasteiger partial charge in [0.15, 0.2) is 0 Å². The Kier molecular flexibility index (Phi) is 5.38. The molecule has 0 atom stereocenters. The van der Waals surface area contributed by atoms with Crippen molar-refractivity contribution >= 4 is 26.8 Å². The summed E-state index contributed by atoms with van der Waals surface area (Å²) in [5.41, 5.74) is 0.992. The Morgan fingerprint density at radius 2 is 1.78 bits per heavy atom. The summed E-state index contributed by atoms with van der Waals surface area (Å²) in [4.78, 5) is 11.4. The molecule has 2 rings (SSSR count). The lowest BCUT2D eigenvalue weighted by molar-refractivity contribution is -0.123. The van der Waals surface area contributed by atoms with Gasteiger partial charge in [-0.05, 0) is 29.9 Å². The quantitative estimate of drug-likeness (QED) is 0.628. The SMILES string of the molecule is CC(C)C(=O)NCCCc1cccc2c(S(=O)(=O)O)cccc12. The van der Waals surface area contributed by atoms with E-state index in [1.54, 1.807) is 18.2 Å². The highest BCUT2D eigenvalue weighted by atomic mass is 32.2. The van der Waals surface area contributed by atoms with Gasteiger partial charge in [-0.3, -0.25) is 9.35 Å². The predicted octanol–water partition coefficient (Wildman–Crippen LogP) is 2.79. The molecule has 23 heavy (non-hydrogen) atoms.